The van der Waals surface area contributed by atoms with Crippen molar-refractivity contribution in [2.45, 2.75) is 52.1 Å². The molecule has 2 N–H and O–H groups in total. The lowest BCUT2D eigenvalue weighted by Crippen LogP contribution is -2.33. The minimum absolute atomic E-state index is 0.278. The molecular formula is C16H24N2O. The van der Waals surface area contributed by atoms with Crippen LogP contribution in [0.2, 0.25) is 0 Å². The lowest BCUT2D eigenvalue weighted by molar-refractivity contribution is -0.133. The van der Waals surface area contributed by atoms with Gasteiger partial charge in [-0.3, -0.25) is 4.79 Å². The smallest absolute Gasteiger partial charge is 0.223 e. The number of benzene rings is 1. The Morgan fingerprint density at radius 1 is 1.42 bits per heavy atom. The Kier molecular flexibility index (Phi) is 4.46. The van der Waals surface area contributed by atoms with Crippen molar-refractivity contribution in [3.8, 4) is 0 Å². The number of rotatable bonds is 6. The molecule has 1 amide bonds. The van der Waals surface area contributed by atoms with Crippen LogP contribution in [0.3, 0.4) is 0 Å². The van der Waals surface area contributed by atoms with E-state index in [1.807, 2.05) is 29.2 Å². The number of hydrogen-bond acceptors (Lipinski definition) is 2. The summed E-state index contributed by atoms with van der Waals surface area (Å²) >= 11 is 0. The second-order valence-corrected chi connectivity index (χ2v) is 5.67. The first-order chi connectivity index (χ1) is 9.11. The monoisotopic (exact) mass is 260 g/mol. The number of nitrogens with zero attached hydrogens (tertiary/aromatic N) is 1. The molecule has 1 atom stereocenters. The van der Waals surface area contributed by atoms with Crippen LogP contribution in [0.4, 0.5) is 5.69 Å². The van der Waals surface area contributed by atoms with E-state index in [0.717, 1.165) is 30.5 Å². The minimum atomic E-state index is 0.278. The summed E-state index contributed by atoms with van der Waals surface area (Å²) in [5.74, 6) is 0.738. The first-order valence-electron chi connectivity index (χ1n) is 7.24. The van der Waals surface area contributed by atoms with Gasteiger partial charge < -0.3 is 10.6 Å². The van der Waals surface area contributed by atoms with Crippen molar-refractivity contribution >= 4 is 11.6 Å². The van der Waals surface area contributed by atoms with Crippen LogP contribution in [-0.4, -0.2) is 16.8 Å². The van der Waals surface area contributed by atoms with Gasteiger partial charge in [-0.15, -0.1) is 0 Å². The highest BCUT2D eigenvalue weighted by Crippen LogP contribution is 2.30. The number of nitrogen functional groups attached to an aromatic ring is 1. The number of para-hydroxylation sites is 1. The molecule has 1 aliphatic carbocycles. The van der Waals surface area contributed by atoms with E-state index < -0.39 is 0 Å². The van der Waals surface area contributed by atoms with Crippen LogP contribution >= 0.6 is 0 Å². The van der Waals surface area contributed by atoms with Gasteiger partial charge in [0.2, 0.25) is 5.91 Å². The summed E-state index contributed by atoms with van der Waals surface area (Å²) < 4.78 is 0. The molecule has 0 bridgehead atoms. The second kappa shape index (κ2) is 6.09. The minimum Gasteiger partial charge on any atom is -0.398 e. The van der Waals surface area contributed by atoms with Gasteiger partial charge in [0.25, 0.3) is 0 Å². The SMILES string of the molecule is CCC(C)CC(=O)N(Cc1ccccc1N)C1CC1. The van der Waals surface area contributed by atoms with E-state index >= 15 is 0 Å². The third-order valence-corrected chi connectivity index (χ3v) is 3.92. The van der Waals surface area contributed by atoms with Gasteiger partial charge in [-0.05, 0) is 30.4 Å². The van der Waals surface area contributed by atoms with Crippen molar-refractivity contribution in [3.63, 3.8) is 0 Å². The van der Waals surface area contributed by atoms with Crippen LogP contribution in [0.1, 0.15) is 45.1 Å². The standard InChI is InChI=1S/C16H24N2O/c1-3-12(2)10-16(19)18(14-8-9-14)11-13-6-4-5-7-15(13)17/h4-7,12,14H,3,8-11,17H2,1-2H3. The molecule has 1 saturated carbocycles. The Morgan fingerprint density at radius 3 is 2.68 bits per heavy atom. The first-order valence-corrected chi connectivity index (χ1v) is 7.24. The van der Waals surface area contributed by atoms with Crippen LogP contribution in [-0.2, 0) is 11.3 Å². The van der Waals surface area contributed by atoms with Gasteiger partial charge in [-0.2, -0.15) is 0 Å². The van der Waals surface area contributed by atoms with Crippen LogP contribution in [0.15, 0.2) is 24.3 Å². The van der Waals surface area contributed by atoms with Crippen LogP contribution in [0.25, 0.3) is 0 Å². The molecule has 1 aromatic rings. The van der Waals surface area contributed by atoms with Crippen molar-refractivity contribution < 1.29 is 4.79 Å². The summed E-state index contributed by atoms with van der Waals surface area (Å²) in [7, 11) is 0. The summed E-state index contributed by atoms with van der Waals surface area (Å²) in [6, 6.07) is 8.27. The Labute approximate surface area is 115 Å². The van der Waals surface area contributed by atoms with Crippen molar-refractivity contribution in [2.24, 2.45) is 5.92 Å². The third-order valence-electron chi connectivity index (χ3n) is 3.92. The fourth-order valence-corrected chi connectivity index (χ4v) is 2.23. The quantitative estimate of drug-likeness (QED) is 0.798. The van der Waals surface area contributed by atoms with Crippen molar-refractivity contribution in [1.82, 2.24) is 4.90 Å². The fourth-order valence-electron chi connectivity index (χ4n) is 2.23. The molecular weight excluding hydrogens is 236 g/mol. The summed E-state index contributed by atoms with van der Waals surface area (Å²) in [5, 5.41) is 0. The van der Waals surface area contributed by atoms with E-state index in [2.05, 4.69) is 13.8 Å². The summed E-state index contributed by atoms with van der Waals surface area (Å²) in [5.41, 5.74) is 7.82. The molecule has 0 spiro atoms. The zero-order valence-electron chi connectivity index (χ0n) is 11.9. The van der Waals surface area contributed by atoms with Gasteiger partial charge in [-0.1, -0.05) is 38.5 Å². The Morgan fingerprint density at radius 2 is 2.11 bits per heavy atom. The van der Waals surface area contributed by atoms with Crippen molar-refractivity contribution in [3.05, 3.63) is 29.8 Å². The molecule has 0 heterocycles. The number of amides is 1. The Balaban J connectivity index is 2.04. The lowest BCUT2D eigenvalue weighted by Gasteiger charge is -2.24. The second-order valence-electron chi connectivity index (χ2n) is 5.67. The zero-order chi connectivity index (χ0) is 13.8. The van der Waals surface area contributed by atoms with Crippen LogP contribution in [0.5, 0.6) is 0 Å². The number of hydrogen-bond donors (Lipinski definition) is 1. The Bertz CT molecular complexity index is 440. The molecule has 1 unspecified atom stereocenters. The molecule has 0 aromatic heterocycles. The predicted molar refractivity (Wildman–Crippen MR) is 78.5 cm³/mol. The molecule has 1 aliphatic rings. The van der Waals surface area contributed by atoms with Gasteiger partial charge >= 0.3 is 0 Å². The number of anilines is 1. The largest absolute Gasteiger partial charge is 0.398 e. The average molecular weight is 260 g/mol. The topological polar surface area (TPSA) is 46.3 Å². The number of nitrogens with two attached hydrogens (primary N) is 1. The number of carbonyl (C=O) groups is 1. The maximum absolute atomic E-state index is 12.4. The molecule has 0 aliphatic heterocycles. The van der Waals surface area contributed by atoms with Crippen molar-refractivity contribution in [2.75, 3.05) is 5.73 Å². The highest BCUT2D eigenvalue weighted by molar-refractivity contribution is 5.77. The number of carbonyl (C=O) groups excluding carboxylic acids is 1. The predicted octanol–water partition coefficient (Wildman–Crippen LogP) is 3.20. The van der Waals surface area contributed by atoms with E-state index in [-0.39, 0.29) is 5.91 Å². The van der Waals surface area contributed by atoms with Gasteiger partial charge in [-0.25, -0.2) is 0 Å². The third kappa shape index (κ3) is 3.72. The van der Waals surface area contributed by atoms with E-state index in [1.165, 1.54) is 0 Å². The molecule has 104 valence electrons. The molecule has 19 heavy (non-hydrogen) atoms. The molecule has 2 rings (SSSR count). The maximum Gasteiger partial charge on any atom is 0.223 e. The molecule has 0 saturated heterocycles. The van der Waals surface area contributed by atoms with E-state index in [1.54, 1.807) is 0 Å². The van der Waals surface area contributed by atoms with Gasteiger partial charge in [0.15, 0.2) is 0 Å². The molecule has 1 aromatic carbocycles. The average Bonchev–Trinajstić information content (AvgIpc) is 3.21. The molecule has 3 nitrogen and oxygen atoms in total. The molecule has 0 radical (unpaired) electrons. The highest BCUT2D eigenvalue weighted by atomic mass is 16.2. The van der Waals surface area contributed by atoms with E-state index in [9.17, 15) is 4.79 Å². The van der Waals surface area contributed by atoms with Gasteiger partial charge in [0, 0.05) is 24.7 Å². The van der Waals surface area contributed by atoms with Gasteiger partial charge in [0.05, 0.1) is 0 Å². The lowest BCUT2D eigenvalue weighted by atomic mass is 10.0. The summed E-state index contributed by atoms with van der Waals surface area (Å²) in [6.45, 7) is 4.93. The summed E-state index contributed by atoms with van der Waals surface area (Å²) in [6.07, 6.45) is 3.98. The summed E-state index contributed by atoms with van der Waals surface area (Å²) in [4.78, 5) is 14.4. The fraction of sp³-hybridized carbons (Fsp3) is 0.562. The van der Waals surface area contributed by atoms with E-state index in [0.29, 0.717) is 24.9 Å². The van der Waals surface area contributed by atoms with E-state index in [4.69, 9.17) is 5.73 Å². The highest BCUT2D eigenvalue weighted by Gasteiger charge is 2.32. The van der Waals surface area contributed by atoms with Gasteiger partial charge in [0.1, 0.15) is 0 Å². The van der Waals surface area contributed by atoms with Crippen LogP contribution < -0.4 is 5.73 Å². The zero-order valence-corrected chi connectivity index (χ0v) is 11.9. The van der Waals surface area contributed by atoms with Crippen LogP contribution in [0, 0.1) is 5.92 Å². The van der Waals surface area contributed by atoms with Crippen molar-refractivity contribution in [1.29, 1.82) is 0 Å². The Hall–Kier alpha value is -1.51. The first kappa shape index (κ1) is 13.9. The maximum atomic E-state index is 12.4. The normalized spacial score (nSPS) is 16.1. The molecule has 3 heteroatoms. The molecule has 1 fully saturated rings.